The molecule has 0 N–H and O–H groups in total. The monoisotopic (exact) mass is 231 g/mol. The minimum atomic E-state index is 0.444. The molecular weight excluding hydrogens is 210 g/mol. The molecule has 1 unspecified atom stereocenters. The molecule has 0 aliphatic rings. The number of benzene rings is 1. The quantitative estimate of drug-likeness (QED) is 0.704. The highest BCUT2D eigenvalue weighted by Crippen LogP contribution is 2.19. The van der Waals surface area contributed by atoms with E-state index in [2.05, 4.69) is 34.9 Å². The van der Waals surface area contributed by atoms with Crippen LogP contribution in [0, 0.1) is 0 Å². The number of hydrogen-bond acceptors (Lipinski definition) is 2. The topological polar surface area (TPSA) is 30.7 Å². The van der Waals surface area contributed by atoms with Crippen LogP contribution in [0.3, 0.4) is 0 Å². The first-order valence-electron chi connectivity index (χ1n) is 6.63. The fourth-order valence-corrected chi connectivity index (χ4v) is 2.20. The lowest BCUT2D eigenvalue weighted by Gasteiger charge is -2.12. The lowest BCUT2D eigenvalue weighted by molar-refractivity contribution is 0.437. The zero-order valence-electron chi connectivity index (χ0n) is 10.8. The zero-order chi connectivity index (χ0) is 12.1. The summed E-state index contributed by atoms with van der Waals surface area (Å²) in [5, 5.41) is 8.46. The molecule has 92 valence electrons. The van der Waals surface area contributed by atoms with Crippen molar-refractivity contribution in [1.82, 2.24) is 15.0 Å². The normalized spacial score (nSPS) is 13.1. The highest BCUT2D eigenvalue weighted by atomic mass is 15.4. The minimum absolute atomic E-state index is 0.444. The third-order valence-corrected chi connectivity index (χ3v) is 3.27. The van der Waals surface area contributed by atoms with Gasteiger partial charge in [0.05, 0.1) is 11.6 Å². The average molecular weight is 231 g/mol. The predicted octanol–water partition coefficient (Wildman–Crippen LogP) is 3.96. The van der Waals surface area contributed by atoms with Gasteiger partial charge in [-0.3, -0.25) is 0 Å². The summed E-state index contributed by atoms with van der Waals surface area (Å²) in [6.45, 7) is 4.47. The summed E-state index contributed by atoms with van der Waals surface area (Å²) >= 11 is 0. The van der Waals surface area contributed by atoms with Crippen molar-refractivity contribution >= 4 is 11.0 Å². The Morgan fingerprint density at radius 2 is 2.00 bits per heavy atom. The number of fused-ring (bicyclic) bond motifs is 1. The van der Waals surface area contributed by atoms with E-state index in [0.717, 1.165) is 11.0 Å². The molecule has 2 rings (SSSR count). The summed E-state index contributed by atoms with van der Waals surface area (Å²) in [7, 11) is 0. The average Bonchev–Trinajstić information content (AvgIpc) is 2.78. The minimum Gasteiger partial charge on any atom is -0.242 e. The van der Waals surface area contributed by atoms with Gasteiger partial charge in [-0.05, 0) is 25.5 Å². The second-order valence-electron chi connectivity index (χ2n) is 4.72. The Balaban J connectivity index is 2.01. The van der Waals surface area contributed by atoms with Crippen molar-refractivity contribution in [3.63, 3.8) is 0 Å². The van der Waals surface area contributed by atoms with E-state index < -0.39 is 0 Å². The van der Waals surface area contributed by atoms with Crippen molar-refractivity contribution in [2.45, 2.75) is 52.0 Å². The van der Waals surface area contributed by atoms with E-state index in [9.17, 15) is 0 Å². The first-order valence-corrected chi connectivity index (χ1v) is 6.63. The second-order valence-corrected chi connectivity index (χ2v) is 4.72. The van der Waals surface area contributed by atoms with E-state index >= 15 is 0 Å². The van der Waals surface area contributed by atoms with E-state index in [1.54, 1.807) is 0 Å². The van der Waals surface area contributed by atoms with Crippen LogP contribution in [0.25, 0.3) is 11.0 Å². The standard InChI is InChI=1S/C14H21N3/c1-3-4-5-6-9-12(2)17-14-11-8-7-10-13(14)15-16-17/h7-8,10-12H,3-6,9H2,1-2H3. The Kier molecular flexibility index (Phi) is 4.13. The molecule has 1 heterocycles. The van der Waals surface area contributed by atoms with Crippen molar-refractivity contribution < 1.29 is 0 Å². The van der Waals surface area contributed by atoms with Crippen LogP contribution in [0.5, 0.6) is 0 Å². The Morgan fingerprint density at radius 1 is 1.18 bits per heavy atom. The first-order chi connectivity index (χ1) is 8.33. The smallest absolute Gasteiger partial charge is 0.113 e. The van der Waals surface area contributed by atoms with Gasteiger partial charge in [0, 0.05) is 0 Å². The molecule has 1 aromatic carbocycles. The molecule has 0 spiro atoms. The number of para-hydroxylation sites is 1. The van der Waals surface area contributed by atoms with Crippen LogP contribution in [0.4, 0.5) is 0 Å². The first kappa shape index (κ1) is 12.1. The van der Waals surface area contributed by atoms with E-state index in [1.165, 1.54) is 32.1 Å². The fourth-order valence-electron chi connectivity index (χ4n) is 2.20. The maximum Gasteiger partial charge on any atom is 0.113 e. The second kappa shape index (κ2) is 5.80. The summed E-state index contributed by atoms with van der Waals surface area (Å²) in [4.78, 5) is 0. The fraction of sp³-hybridized carbons (Fsp3) is 0.571. The predicted molar refractivity (Wildman–Crippen MR) is 71.0 cm³/mol. The van der Waals surface area contributed by atoms with Gasteiger partial charge in [0.2, 0.25) is 0 Å². The molecule has 0 bridgehead atoms. The number of nitrogens with zero attached hydrogens (tertiary/aromatic N) is 3. The van der Waals surface area contributed by atoms with Crippen LogP contribution in [-0.2, 0) is 0 Å². The zero-order valence-corrected chi connectivity index (χ0v) is 10.8. The third kappa shape index (κ3) is 2.84. The van der Waals surface area contributed by atoms with Gasteiger partial charge in [0.25, 0.3) is 0 Å². The van der Waals surface area contributed by atoms with Gasteiger partial charge in [-0.15, -0.1) is 5.10 Å². The van der Waals surface area contributed by atoms with Crippen molar-refractivity contribution in [1.29, 1.82) is 0 Å². The molecule has 3 heteroatoms. The van der Waals surface area contributed by atoms with Crippen molar-refractivity contribution in [2.24, 2.45) is 0 Å². The summed E-state index contributed by atoms with van der Waals surface area (Å²) in [5.74, 6) is 0. The molecule has 0 saturated heterocycles. The Labute approximate surface area is 103 Å². The van der Waals surface area contributed by atoms with Crippen molar-refractivity contribution in [3.8, 4) is 0 Å². The van der Waals surface area contributed by atoms with Gasteiger partial charge in [-0.2, -0.15) is 0 Å². The molecule has 0 radical (unpaired) electrons. The van der Waals surface area contributed by atoms with Crippen LogP contribution in [0.2, 0.25) is 0 Å². The Morgan fingerprint density at radius 3 is 2.82 bits per heavy atom. The Bertz CT molecular complexity index is 461. The molecule has 2 aromatic rings. The summed E-state index contributed by atoms with van der Waals surface area (Å²) in [6, 6.07) is 8.61. The van der Waals surface area contributed by atoms with Gasteiger partial charge in [0.15, 0.2) is 0 Å². The molecule has 0 amide bonds. The van der Waals surface area contributed by atoms with Gasteiger partial charge in [-0.25, -0.2) is 4.68 Å². The summed E-state index contributed by atoms with van der Waals surface area (Å²) in [6.07, 6.45) is 6.43. The number of unbranched alkanes of at least 4 members (excludes halogenated alkanes) is 3. The molecule has 0 fully saturated rings. The molecule has 1 aromatic heterocycles. The highest BCUT2D eigenvalue weighted by molar-refractivity contribution is 5.73. The maximum absolute atomic E-state index is 4.26. The Hall–Kier alpha value is -1.38. The van der Waals surface area contributed by atoms with E-state index in [4.69, 9.17) is 0 Å². The van der Waals surface area contributed by atoms with Crippen LogP contribution in [-0.4, -0.2) is 15.0 Å². The number of aromatic nitrogens is 3. The van der Waals surface area contributed by atoms with Gasteiger partial charge >= 0.3 is 0 Å². The van der Waals surface area contributed by atoms with Crippen molar-refractivity contribution in [2.75, 3.05) is 0 Å². The SMILES string of the molecule is CCCCCCC(C)n1nnc2ccccc21. The molecule has 3 nitrogen and oxygen atoms in total. The lowest BCUT2D eigenvalue weighted by atomic mass is 10.1. The number of rotatable bonds is 6. The van der Waals surface area contributed by atoms with Gasteiger partial charge in [0.1, 0.15) is 5.52 Å². The summed E-state index contributed by atoms with van der Waals surface area (Å²) < 4.78 is 2.06. The van der Waals surface area contributed by atoms with Gasteiger partial charge < -0.3 is 0 Å². The van der Waals surface area contributed by atoms with Crippen molar-refractivity contribution in [3.05, 3.63) is 24.3 Å². The molecule has 0 saturated carbocycles. The third-order valence-electron chi connectivity index (χ3n) is 3.27. The molecule has 17 heavy (non-hydrogen) atoms. The number of hydrogen-bond donors (Lipinski definition) is 0. The van der Waals surface area contributed by atoms with Crippen LogP contribution in [0.15, 0.2) is 24.3 Å². The lowest BCUT2D eigenvalue weighted by Crippen LogP contribution is -2.07. The van der Waals surface area contributed by atoms with E-state index in [1.807, 2.05) is 18.2 Å². The van der Waals surface area contributed by atoms with Gasteiger partial charge in [-0.1, -0.05) is 50.0 Å². The highest BCUT2D eigenvalue weighted by Gasteiger charge is 2.09. The molecule has 0 aliphatic heterocycles. The largest absolute Gasteiger partial charge is 0.242 e. The molecular formula is C14H21N3. The summed E-state index contributed by atoms with van der Waals surface area (Å²) in [5.41, 5.74) is 2.14. The molecule has 0 aliphatic carbocycles. The van der Waals surface area contributed by atoms with E-state index in [0.29, 0.717) is 6.04 Å². The molecule has 1 atom stereocenters. The van der Waals surface area contributed by atoms with Crippen LogP contribution >= 0.6 is 0 Å². The maximum atomic E-state index is 4.26. The van der Waals surface area contributed by atoms with Crippen LogP contribution < -0.4 is 0 Å². The van der Waals surface area contributed by atoms with E-state index in [-0.39, 0.29) is 0 Å². The van der Waals surface area contributed by atoms with Crippen LogP contribution in [0.1, 0.15) is 52.0 Å².